The largest absolute Gasteiger partial charge is 0.465 e. The number of rotatable bonds is 3. The zero-order valence-electron chi connectivity index (χ0n) is 13.7. The molecule has 1 aromatic carbocycles. The van der Waals surface area contributed by atoms with Gasteiger partial charge in [0.05, 0.1) is 6.04 Å². The summed E-state index contributed by atoms with van der Waals surface area (Å²) in [5.41, 5.74) is 7.93. The Morgan fingerprint density at radius 3 is 2.32 bits per heavy atom. The Hall–Kier alpha value is -1.59. The molecule has 0 spiro atoms. The van der Waals surface area contributed by atoms with Crippen LogP contribution >= 0.6 is 0 Å². The number of nitrogens with zero attached hydrogens (tertiary/aromatic N) is 2. The average Bonchev–Trinajstić information content (AvgIpc) is 2.47. The number of carbonyl (C=O) groups is 1. The van der Waals surface area contributed by atoms with Crippen LogP contribution in [0.1, 0.15) is 31.9 Å². The Morgan fingerprint density at radius 2 is 1.82 bits per heavy atom. The predicted octanol–water partition coefficient (Wildman–Crippen LogP) is 2.36. The second-order valence-corrected chi connectivity index (χ2v) is 7.11. The van der Waals surface area contributed by atoms with Crippen molar-refractivity contribution in [1.82, 2.24) is 9.80 Å². The predicted molar refractivity (Wildman–Crippen MR) is 87.6 cm³/mol. The molecule has 122 valence electrons. The van der Waals surface area contributed by atoms with Gasteiger partial charge in [0, 0.05) is 32.7 Å². The molecular weight excluding hydrogens is 278 g/mol. The Bertz CT molecular complexity index is 508. The molecule has 0 saturated carbocycles. The molecule has 1 atom stereocenters. The highest BCUT2D eigenvalue weighted by Crippen LogP contribution is 2.28. The fourth-order valence-electron chi connectivity index (χ4n) is 2.99. The smallest absolute Gasteiger partial charge is 0.407 e. The van der Waals surface area contributed by atoms with Crippen LogP contribution in [0.4, 0.5) is 4.79 Å². The van der Waals surface area contributed by atoms with Crippen molar-refractivity contribution in [3.63, 3.8) is 0 Å². The lowest BCUT2D eigenvalue weighted by molar-refractivity contribution is 0.0190. The van der Waals surface area contributed by atoms with Crippen molar-refractivity contribution in [2.75, 3.05) is 19.6 Å². The summed E-state index contributed by atoms with van der Waals surface area (Å²) in [5.74, 6) is 0. The van der Waals surface area contributed by atoms with Crippen LogP contribution < -0.4 is 5.73 Å². The van der Waals surface area contributed by atoms with E-state index in [1.807, 2.05) is 0 Å². The maximum Gasteiger partial charge on any atom is 0.407 e. The summed E-state index contributed by atoms with van der Waals surface area (Å²) in [6.07, 6.45) is -0.813. The highest BCUT2D eigenvalue weighted by molar-refractivity contribution is 5.65. The second kappa shape index (κ2) is 6.67. The molecule has 22 heavy (non-hydrogen) atoms. The van der Waals surface area contributed by atoms with Gasteiger partial charge in [-0.05, 0) is 16.5 Å². The van der Waals surface area contributed by atoms with Gasteiger partial charge in [-0.2, -0.15) is 0 Å². The molecule has 0 aliphatic carbocycles. The molecule has 1 aliphatic heterocycles. The lowest BCUT2D eigenvalue weighted by Crippen LogP contribution is -2.59. The number of benzene rings is 1. The molecule has 1 aromatic rings. The van der Waals surface area contributed by atoms with Gasteiger partial charge in [0.15, 0.2) is 0 Å². The highest BCUT2D eigenvalue weighted by atomic mass is 16.4. The molecule has 0 radical (unpaired) electrons. The summed E-state index contributed by atoms with van der Waals surface area (Å²) in [6, 6.07) is 8.35. The average molecular weight is 305 g/mol. The molecule has 1 aliphatic rings. The fraction of sp³-hybridized carbons (Fsp3) is 0.588. The fourth-order valence-corrected chi connectivity index (χ4v) is 2.99. The molecular formula is C17H27N3O2. The molecule has 0 bridgehead atoms. The van der Waals surface area contributed by atoms with Crippen molar-refractivity contribution in [3.8, 4) is 0 Å². The third kappa shape index (κ3) is 3.99. The second-order valence-electron chi connectivity index (χ2n) is 7.11. The molecule has 1 saturated heterocycles. The van der Waals surface area contributed by atoms with Crippen molar-refractivity contribution in [3.05, 3.63) is 35.4 Å². The van der Waals surface area contributed by atoms with E-state index in [4.69, 9.17) is 5.73 Å². The van der Waals surface area contributed by atoms with E-state index in [-0.39, 0.29) is 11.5 Å². The first-order chi connectivity index (χ1) is 10.3. The van der Waals surface area contributed by atoms with Gasteiger partial charge in [-0.15, -0.1) is 0 Å². The molecule has 5 heteroatoms. The molecule has 1 amide bonds. The van der Waals surface area contributed by atoms with Crippen molar-refractivity contribution >= 4 is 6.09 Å². The third-order valence-corrected chi connectivity index (χ3v) is 4.37. The number of piperazine rings is 1. The Balaban J connectivity index is 2.05. The van der Waals surface area contributed by atoms with Crippen molar-refractivity contribution < 1.29 is 9.90 Å². The lowest BCUT2D eigenvalue weighted by Gasteiger charge is -2.46. The topological polar surface area (TPSA) is 69.8 Å². The van der Waals surface area contributed by atoms with Crippen LogP contribution in [-0.2, 0) is 13.1 Å². The van der Waals surface area contributed by atoms with Crippen LogP contribution in [0.25, 0.3) is 0 Å². The molecule has 5 nitrogen and oxygen atoms in total. The molecule has 1 heterocycles. The summed E-state index contributed by atoms with van der Waals surface area (Å²) in [4.78, 5) is 15.4. The van der Waals surface area contributed by atoms with Crippen LogP contribution in [0.15, 0.2) is 24.3 Å². The molecule has 2 rings (SSSR count). The third-order valence-electron chi connectivity index (χ3n) is 4.37. The molecule has 3 N–H and O–H groups in total. The minimum atomic E-state index is -0.813. The SMILES string of the molecule is CC(C)(C)C1CN(Cc2ccc(CN)cc2)CCN1C(=O)O. The van der Waals surface area contributed by atoms with E-state index in [1.54, 1.807) is 4.90 Å². The maximum absolute atomic E-state index is 11.4. The van der Waals surface area contributed by atoms with Gasteiger partial charge in [0.2, 0.25) is 0 Å². The van der Waals surface area contributed by atoms with Crippen LogP contribution in [0.5, 0.6) is 0 Å². The molecule has 1 fully saturated rings. The van der Waals surface area contributed by atoms with E-state index in [9.17, 15) is 9.90 Å². The van der Waals surface area contributed by atoms with Crippen molar-refractivity contribution in [1.29, 1.82) is 0 Å². The van der Waals surface area contributed by atoms with E-state index in [1.165, 1.54) is 5.56 Å². The monoisotopic (exact) mass is 305 g/mol. The number of nitrogens with two attached hydrogens (primary N) is 1. The standard InChI is InChI=1S/C17H27N3O2/c1-17(2,3)15-12-19(8-9-20(15)16(21)22)11-14-6-4-13(10-18)5-7-14/h4-7,15H,8-12,18H2,1-3H3,(H,21,22). The number of carboxylic acid groups (broad SMARTS) is 1. The minimum Gasteiger partial charge on any atom is -0.465 e. The van der Waals surface area contributed by atoms with Crippen LogP contribution in [0, 0.1) is 5.41 Å². The van der Waals surface area contributed by atoms with Gasteiger partial charge >= 0.3 is 6.09 Å². The van der Waals surface area contributed by atoms with Gasteiger partial charge < -0.3 is 15.7 Å². The highest BCUT2D eigenvalue weighted by Gasteiger charge is 2.37. The normalized spacial score (nSPS) is 20.2. The Labute approximate surface area is 132 Å². The van der Waals surface area contributed by atoms with E-state index < -0.39 is 6.09 Å². The van der Waals surface area contributed by atoms with Crippen molar-refractivity contribution in [2.45, 2.75) is 39.9 Å². The summed E-state index contributed by atoms with van der Waals surface area (Å²) < 4.78 is 0. The molecule has 1 unspecified atom stereocenters. The van der Waals surface area contributed by atoms with Gasteiger partial charge in [-0.1, -0.05) is 45.0 Å². The zero-order valence-corrected chi connectivity index (χ0v) is 13.7. The lowest BCUT2D eigenvalue weighted by atomic mass is 9.84. The molecule has 0 aromatic heterocycles. The number of hydrogen-bond acceptors (Lipinski definition) is 3. The summed E-state index contributed by atoms with van der Waals surface area (Å²) in [7, 11) is 0. The summed E-state index contributed by atoms with van der Waals surface area (Å²) in [5, 5.41) is 9.40. The van der Waals surface area contributed by atoms with Gasteiger partial charge in [-0.3, -0.25) is 4.90 Å². The van der Waals surface area contributed by atoms with Crippen LogP contribution in [0.3, 0.4) is 0 Å². The minimum absolute atomic E-state index is 0.0158. The first-order valence-electron chi connectivity index (χ1n) is 7.81. The Morgan fingerprint density at radius 1 is 1.23 bits per heavy atom. The van der Waals surface area contributed by atoms with E-state index in [2.05, 4.69) is 49.9 Å². The maximum atomic E-state index is 11.4. The van der Waals surface area contributed by atoms with Crippen molar-refractivity contribution in [2.24, 2.45) is 11.1 Å². The quantitative estimate of drug-likeness (QED) is 0.899. The van der Waals surface area contributed by atoms with Gasteiger partial charge in [0.25, 0.3) is 0 Å². The van der Waals surface area contributed by atoms with Crippen LogP contribution in [0.2, 0.25) is 0 Å². The van der Waals surface area contributed by atoms with E-state index >= 15 is 0 Å². The van der Waals surface area contributed by atoms with Crippen LogP contribution in [-0.4, -0.2) is 46.7 Å². The number of hydrogen-bond donors (Lipinski definition) is 2. The summed E-state index contributed by atoms with van der Waals surface area (Å²) in [6.45, 7) is 9.84. The Kier molecular flexibility index (Phi) is 5.08. The zero-order chi connectivity index (χ0) is 16.3. The number of amides is 1. The van der Waals surface area contributed by atoms with E-state index in [0.29, 0.717) is 13.1 Å². The first-order valence-corrected chi connectivity index (χ1v) is 7.81. The summed E-state index contributed by atoms with van der Waals surface area (Å²) >= 11 is 0. The van der Waals surface area contributed by atoms with Gasteiger partial charge in [0.1, 0.15) is 0 Å². The van der Waals surface area contributed by atoms with E-state index in [0.717, 1.165) is 25.2 Å². The first kappa shape index (κ1) is 16.8. The van der Waals surface area contributed by atoms with Gasteiger partial charge in [-0.25, -0.2) is 4.79 Å².